The van der Waals surface area contributed by atoms with E-state index in [1.807, 2.05) is 24.9 Å². The summed E-state index contributed by atoms with van der Waals surface area (Å²) in [4.78, 5) is 19.2. The predicted octanol–water partition coefficient (Wildman–Crippen LogP) is 1.93. The van der Waals surface area contributed by atoms with Gasteiger partial charge in [0.2, 0.25) is 0 Å². The first-order chi connectivity index (χ1) is 9.93. The Morgan fingerprint density at radius 1 is 1.43 bits per heavy atom. The molecule has 0 bridgehead atoms. The maximum absolute atomic E-state index is 12.8. The molecule has 0 spiro atoms. The van der Waals surface area contributed by atoms with Gasteiger partial charge >= 0.3 is 0 Å². The molecule has 2 aromatic rings. The van der Waals surface area contributed by atoms with Crippen molar-refractivity contribution in [1.82, 2.24) is 19.7 Å². The molecule has 1 saturated heterocycles. The number of pyridine rings is 1. The number of carbonyl (C=O) groups is 1. The quantitative estimate of drug-likeness (QED) is 0.888. The van der Waals surface area contributed by atoms with Crippen LogP contribution < -0.4 is 5.73 Å². The lowest BCUT2D eigenvalue weighted by molar-refractivity contribution is 0.0778. The van der Waals surface area contributed by atoms with Crippen LogP contribution in [0.1, 0.15) is 29.4 Å². The zero-order chi connectivity index (χ0) is 15.2. The number of aryl methyl sites for hydroxylation is 2. The third kappa shape index (κ3) is 3.44. The zero-order valence-electron chi connectivity index (χ0n) is 13.6. The number of aromatic nitrogens is 3. The van der Waals surface area contributed by atoms with Gasteiger partial charge in [0.25, 0.3) is 5.91 Å². The van der Waals surface area contributed by atoms with E-state index in [4.69, 9.17) is 5.73 Å². The first-order valence-electron chi connectivity index (χ1n) is 7.22. The van der Waals surface area contributed by atoms with Gasteiger partial charge in [0.15, 0.2) is 5.65 Å². The average Bonchev–Trinajstić information content (AvgIpc) is 3.03. The summed E-state index contributed by atoms with van der Waals surface area (Å²) in [6, 6.07) is 1.85. The third-order valence-corrected chi connectivity index (χ3v) is 4.40. The van der Waals surface area contributed by atoms with Crippen LogP contribution in [0.2, 0.25) is 0 Å². The fourth-order valence-electron chi connectivity index (χ4n) is 2.95. The Morgan fingerprint density at radius 2 is 2.13 bits per heavy atom. The SMILES string of the molecule is Cc1cc(C(=O)N2CCC(C)(CN)C2)c2cnn(C)c2n1.Cl.Cl. The van der Waals surface area contributed by atoms with Crippen LogP contribution >= 0.6 is 24.8 Å². The van der Waals surface area contributed by atoms with Crippen LogP contribution in [0.25, 0.3) is 11.0 Å². The number of amides is 1. The second-order valence-corrected chi connectivity index (χ2v) is 6.31. The van der Waals surface area contributed by atoms with Crippen LogP contribution in [-0.4, -0.2) is 45.2 Å². The van der Waals surface area contributed by atoms with Gasteiger partial charge < -0.3 is 10.6 Å². The van der Waals surface area contributed by atoms with E-state index in [0.29, 0.717) is 18.7 Å². The number of rotatable bonds is 2. The third-order valence-electron chi connectivity index (χ3n) is 4.40. The predicted molar refractivity (Wildman–Crippen MR) is 95.4 cm³/mol. The van der Waals surface area contributed by atoms with Gasteiger partial charge in [0, 0.05) is 25.8 Å². The van der Waals surface area contributed by atoms with Crippen molar-refractivity contribution in [3.8, 4) is 0 Å². The summed E-state index contributed by atoms with van der Waals surface area (Å²) in [5.41, 5.74) is 8.12. The highest BCUT2D eigenvalue weighted by atomic mass is 35.5. The van der Waals surface area contributed by atoms with Crippen molar-refractivity contribution in [2.75, 3.05) is 19.6 Å². The Labute approximate surface area is 148 Å². The normalized spacial score (nSPS) is 20.3. The second-order valence-electron chi connectivity index (χ2n) is 6.31. The van der Waals surface area contributed by atoms with E-state index in [1.165, 1.54) is 0 Å². The van der Waals surface area contributed by atoms with Crippen molar-refractivity contribution in [2.45, 2.75) is 20.3 Å². The summed E-state index contributed by atoms with van der Waals surface area (Å²) in [7, 11) is 1.84. The molecule has 3 rings (SSSR count). The van der Waals surface area contributed by atoms with E-state index in [2.05, 4.69) is 17.0 Å². The van der Waals surface area contributed by atoms with Gasteiger partial charge in [-0.2, -0.15) is 5.10 Å². The first-order valence-corrected chi connectivity index (χ1v) is 7.22. The number of hydrogen-bond acceptors (Lipinski definition) is 4. The molecular weight excluding hydrogens is 337 g/mol. The van der Waals surface area contributed by atoms with E-state index in [-0.39, 0.29) is 36.1 Å². The monoisotopic (exact) mass is 359 g/mol. The van der Waals surface area contributed by atoms with Crippen LogP contribution in [0.4, 0.5) is 0 Å². The molecule has 1 aliphatic rings. The molecule has 0 radical (unpaired) electrons. The molecule has 128 valence electrons. The van der Waals surface area contributed by atoms with E-state index >= 15 is 0 Å². The standard InChI is InChI=1S/C15H21N5O.2ClH/c1-10-6-11(12-7-17-19(3)13(12)18-10)14(21)20-5-4-15(2,8-16)9-20;;/h6-7H,4-5,8-9,16H2,1-3H3;2*1H. The van der Waals surface area contributed by atoms with Crippen molar-refractivity contribution in [2.24, 2.45) is 18.2 Å². The molecule has 2 aromatic heterocycles. The van der Waals surface area contributed by atoms with Gasteiger partial charge in [-0.05, 0) is 31.4 Å². The number of halogens is 2. The van der Waals surface area contributed by atoms with Crippen LogP contribution in [0.15, 0.2) is 12.3 Å². The minimum absolute atomic E-state index is 0. The summed E-state index contributed by atoms with van der Waals surface area (Å²) < 4.78 is 1.70. The molecule has 3 heterocycles. The first kappa shape index (κ1) is 19.7. The molecule has 1 amide bonds. The van der Waals surface area contributed by atoms with E-state index < -0.39 is 0 Å². The molecule has 8 heteroatoms. The fourth-order valence-corrected chi connectivity index (χ4v) is 2.95. The minimum atomic E-state index is 0. The van der Waals surface area contributed by atoms with Crippen LogP contribution in [0.3, 0.4) is 0 Å². The number of fused-ring (bicyclic) bond motifs is 1. The lowest BCUT2D eigenvalue weighted by Crippen LogP contribution is -2.34. The second kappa shape index (κ2) is 7.03. The molecule has 1 aliphatic heterocycles. The Morgan fingerprint density at radius 3 is 2.74 bits per heavy atom. The van der Waals surface area contributed by atoms with Crippen molar-refractivity contribution >= 4 is 41.8 Å². The van der Waals surface area contributed by atoms with Crippen molar-refractivity contribution in [1.29, 1.82) is 0 Å². The highest BCUT2D eigenvalue weighted by Gasteiger charge is 2.35. The lowest BCUT2D eigenvalue weighted by atomic mass is 9.90. The molecular formula is C15H23Cl2N5O. The summed E-state index contributed by atoms with van der Waals surface area (Å²) in [6.45, 7) is 6.12. The molecule has 0 aromatic carbocycles. The van der Waals surface area contributed by atoms with E-state index in [1.54, 1.807) is 10.9 Å². The molecule has 2 N–H and O–H groups in total. The largest absolute Gasteiger partial charge is 0.338 e. The molecule has 23 heavy (non-hydrogen) atoms. The number of nitrogens with zero attached hydrogens (tertiary/aromatic N) is 4. The van der Waals surface area contributed by atoms with Crippen LogP contribution in [0.5, 0.6) is 0 Å². The van der Waals surface area contributed by atoms with Crippen LogP contribution in [-0.2, 0) is 7.05 Å². The van der Waals surface area contributed by atoms with Gasteiger partial charge in [0.05, 0.1) is 17.1 Å². The fraction of sp³-hybridized carbons (Fsp3) is 0.533. The number of carbonyl (C=O) groups excluding carboxylic acids is 1. The maximum atomic E-state index is 12.8. The highest BCUT2D eigenvalue weighted by Crippen LogP contribution is 2.30. The zero-order valence-corrected chi connectivity index (χ0v) is 15.2. The summed E-state index contributed by atoms with van der Waals surface area (Å²) in [5, 5.41) is 5.03. The summed E-state index contributed by atoms with van der Waals surface area (Å²) >= 11 is 0. The molecule has 6 nitrogen and oxygen atoms in total. The average molecular weight is 360 g/mol. The summed E-state index contributed by atoms with van der Waals surface area (Å²) in [6.07, 6.45) is 2.67. The Balaban J connectivity index is 0.00000132. The van der Waals surface area contributed by atoms with Crippen molar-refractivity contribution in [3.63, 3.8) is 0 Å². The summed E-state index contributed by atoms with van der Waals surface area (Å²) in [5.74, 6) is 0.0516. The van der Waals surface area contributed by atoms with Gasteiger partial charge in [-0.15, -0.1) is 24.8 Å². The number of nitrogens with two attached hydrogens (primary N) is 1. The van der Waals surface area contributed by atoms with Gasteiger partial charge in [0.1, 0.15) is 0 Å². The number of hydrogen-bond donors (Lipinski definition) is 1. The molecule has 1 unspecified atom stereocenters. The smallest absolute Gasteiger partial charge is 0.254 e. The van der Waals surface area contributed by atoms with E-state index in [0.717, 1.165) is 29.7 Å². The Bertz CT molecular complexity index is 717. The van der Waals surface area contributed by atoms with Gasteiger partial charge in [-0.3, -0.25) is 9.48 Å². The van der Waals surface area contributed by atoms with Crippen LogP contribution in [0, 0.1) is 12.3 Å². The topological polar surface area (TPSA) is 77.0 Å². The minimum Gasteiger partial charge on any atom is -0.338 e. The van der Waals surface area contributed by atoms with Crippen molar-refractivity contribution < 1.29 is 4.79 Å². The van der Waals surface area contributed by atoms with Gasteiger partial charge in [-0.1, -0.05) is 6.92 Å². The van der Waals surface area contributed by atoms with Gasteiger partial charge in [-0.25, -0.2) is 4.98 Å². The highest BCUT2D eigenvalue weighted by molar-refractivity contribution is 6.05. The Hall–Kier alpha value is -1.37. The molecule has 0 aliphatic carbocycles. The van der Waals surface area contributed by atoms with E-state index in [9.17, 15) is 4.79 Å². The molecule has 1 fully saturated rings. The lowest BCUT2D eigenvalue weighted by Gasteiger charge is -2.22. The van der Waals surface area contributed by atoms with Crippen molar-refractivity contribution in [3.05, 3.63) is 23.5 Å². The number of likely N-dealkylation sites (tertiary alicyclic amines) is 1. The molecule has 1 atom stereocenters. The Kier molecular flexibility index (Phi) is 6.01. The molecule has 0 saturated carbocycles. The maximum Gasteiger partial charge on any atom is 0.254 e.